The van der Waals surface area contributed by atoms with Crippen LogP contribution in [-0.2, 0) is 19.0 Å². The van der Waals surface area contributed by atoms with Crippen LogP contribution < -0.4 is 4.90 Å². The van der Waals surface area contributed by atoms with Gasteiger partial charge in [0.2, 0.25) is 0 Å². The highest BCUT2D eigenvalue weighted by atomic mass is 35.5. The number of ether oxygens (including phenoxy) is 3. The van der Waals surface area contributed by atoms with Gasteiger partial charge in [0.05, 0.1) is 13.2 Å². The predicted octanol–water partition coefficient (Wildman–Crippen LogP) is 2.10. The summed E-state index contributed by atoms with van der Waals surface area (Å²) in [4.78, 5) is 26.5. The molecule has 0 spiro atoms. The molecule has 1 aromatic heterocycles. The van der Waals surface area contributed by atoms with Crippen LogP contribution in [0.4, 0.5) is 5.82 Å². The van der Waals surface area contributed by atoms with Crippen molar-refractivity contribution in [3.8, 4) is 0 Å². The molecule has 2 rings (SSSR count). The molecule has 0 aromatic carbocycles. The lowest BCUT2D eigenvalue weighted by atomic mass is 9.87. The van der Waals surface area contributed by atoms with Gasteiger partial charge < -0.3 is 19.1 Å². The monoisotopic (exact) mass is 385 g/mol. The van der Waals surface area contributed by atoms with E-state index >= 15 is 0 Å². The van der Waals surface area contributed by atoms with E-state index in [2.05, 4.69) is 10.2 Å². The number of carbonyl (C=O) groups excluding carboxylic acids is 2. The maximum Gasteiger partial charge on any atom is 0.342 e. The van der Waals surface area contributed by atoms with Crippen molar-refractivity contribution < 1.29 is 23.8 Å². The normalized spacial score (nSPS) is 20.0. The third-order valence-electron chi connectivity index (χ3n) is 3.93. The zero-order chi connectivity index (χ0) is 19.5. The van der Waals surface area contributed by atoms with Crippen molar-refractivity contribution in [2.45, 2.75) is 32.8 Å². The first-order valence-electron chi connectivity index (χ1n) is 8.22. The van der Waals surface area contributed by atoms with E-state index in [1.807, 2.05) is 0 Å². The minimum atomic E-state index is -0.823. The van der Waals surface area contributed by atoms with Crippen LogP contribution in [0.5, 0.6) is 0 Å². The molecular formula is C17H24ClN3O5. The van der Waals surface area contributed by atoms with Gasteiger partial charge in [-0.05, 0) is 26.8 Å². The summed E-state index contributed by atoms with van der Waals surface area (Å²) in [5.41, 5.74) is -1.31. The van der Waals surface area contributed by atoms with Crippen LogP contribution >= 0.6 is 11.6 Å². The molecule has 1 fully saturated rings. The largest absolute Gasteiger partial charge is 0.465 e. The van der Waals surface area contributed by atoms with Crippen LogP contribution in [0.25, 0.3) is 0 Å². The Balaban J connectivity index is 2.32. The second-order valence-corrected chi connectivity index (χ2v) is 7.75. The number of anilines is 1. The van der Waals surface area contributed by atoms with Crippen LogP contribution in [0.15, 0.2) is 6.07 Å². The molecule has 0 saturated carbocycles. The molecule has 8 nitrogen and oxygen atoms in total. The van der Waals surface area contributed by atoms with Crippen molar-refractivity contribution in [1.29, 1.82) is 0 Å². The Morgan fingerprint density at radius 1 is 1.42 bits per heavy atom. The molecule has 9 heteroatoms. The molecule has 0 N–H and O–H groups in total. The van der Waals surface area contributed by atoms with E-state index in [9.17, 15) is 9.59 Å². The Hall–Kier alpha value is -1.93. The smallest absolute Gasteiger partial charge is 0.342 e. The van der Waals surface area contributed by atoms with Gasteiger partial charge in [-0.3, -0.25) is 4.79 Å². The molecule has 1 aliphatic rings. The molecule has 0 radical (unpaired) electrons. The zero-order valence-corrected chi connectivity index (χ0v) is 16.4. The fourth-order valence-electron chi connectivity index (χ4n) is 2.85. The number of carbonyl (C=O) groups is 2. The van der Waals surface area contributed by atoms with E-state index in [0.717, 1.165) is 0 Å². The van der Waals surface area contributed by atoms with Crippen molar-refractivity contribution in [3.63, 3.8) is 0 Å². The summed E-state index contributed by atoms with van der Waals surface area (Å²) in [6, 6.07) is 1.41. The van der Waals surface area contributed by atoms with E-state index in [1.54, 1.807) is 32.7 Å². The topological polar surface area (TPSA) is 90.8 Å². The molecule has 1 aromatic rings. The molecule has 0 bridgehead atoms. The number of hydrogen-bond donors (Lipinski definition) is 0. The number of esters is 2. The fraction of sp³-hybridized carbons (Fsp3) is 0.647. The second-order valence-electron chi connectivity index (χ2n) is 7.36. The summed E-state index contributed by atoms with van der Waals surface area (Å²) in [5.74, 6) is -0.614. The minimum absolute atomic E-state index is 0.0786. The van der Waals surface area contributed by atoms with Gasteiger partial charge in [-0.2, -0.15) is 0 Å². The summed E-state index contributed by atoms with van der Waals surface area (Å²) in [6.07, 6.45) is 0.521. The third kappa shape index (κ3) is 4.62. The number of halogens is 1. The predicted molar refractivity (Wildman–Crippen MR) is 95.4 cm³/mol. The molecule has 26 heavy (non-hydrogen) atoms. The van der Waals surface area contributed by atoms with Crippen LogP contribution in [0, 0.1) is 5.41 Å². The average molecular weight is 386 g/mol. The van der Waals surface area contributed by atoms with Crippen molar-refractivity contribution in [1.82, 2.24) is 10.2 Å². The first-order chi connectivity index (χ1) is 12.1. The van der Waals surface area contributed by atoms with Gasteiger partial charge in [0.1, 0.15) is 16.6 Å². The first kappa shape index (κ1) is 20.4. The lowest BCUT2D eigenvalue weighted by Gasteiger charge is -2.30. The Bertz CT molecular complexity index is 691. The van der Waals surface area contributed by atoms with Crippen LogP contribution in [-0.4, -0.2) is 61.7 Å². The van der Waals surface area contributed by atoms with E-state index in [-0.39, 0.29) is 35.7 Å². The maximum atomic E-state index is 12.6. The number of rotatable bonds is 6. The Morgan fingerprint density at radius 3 is 2.65 bits per heavy atom. The highest BCUT2D eigenvalue weighted by molar-refractivity contribution is 6.29. The molecule has 1 atom stereocenters. The van der Waals surface area contributed by atoms with Gasteiger partial charge in [-0.25, -0.2) is 4.79 Å². The standard InChI is InChI=1S/C17H24ClN3O5/c1-16(2,3)26-14(22)11-8-12(18)19-20-13(11)21(4)9-17(10-24-5)6-7-25-15(17)23/h8H,6-7,9-10H2,1-5H3. The summed E-state index contributed by atoms with van der Waals surface area (Å²) in [6.45, 7) is 6.11. The summed E-state index contributed by atoms with van der Waals surface area (Å²) >= 11 is 5.91. The molecule has 1 saturated heterocycles. The maximum absolute atomic E-state index is 12.6. The van der Waals surface area contributed by atoms with Gasteiger partial charge in [0, 0.05) is 27.1 Å². The van der Waals surface area contributed by atoms with Crippen molar-refractivity contribution in [2.24, 2.45) is 5.41 Å². The number of cyclic esters (lactones) is 1. The first-order valence-corrected chi connectivity index (χ1v) is 8.60. The van der Waals surface area contributed by atoms with Gasteiger partial charge in [0.15, 0.2) is 11.0 Å². The molecule has 1 aliphatic heterocycles. The molecule has 0 amide bonds. The van der Waals surface area contributed by atoms with E-state index < -0.39 is 17.0 Å². The number of hydrogen-bond acceptors (Lipinski definition) is 8. The average Bonchev–Trinajstić information content (AvgIpc) is 2.86. The number of methoxy groups -OCH3 is 1. The molecule has 2 heterocycles. The molecule has 0 aliphatic carbocycles. The van der Waals surface area contributed by atoms with Gasteiger partial charge >= 0.3 is 11.9 Å². The van der Waals surface area contributed by atoms with Crippen molar-refractivity contribution >= 4 is 29.4 Å². The van der Waals surface area contributed by atoms with E-state index in [4.69, 9.17) is 25.8 Å². The van der Waals surface area contributed by atoms with Gasteiger partial charge in [-0.1, -0.05) is 11.6 Å². The number of aromatic nitrogens is 2. The van der Waals surface area contributed by atoms with Crippen LogP contribution in [0.2, 0.25) is 5.15 Å². The highest BCUT2D eigenvalue weighted by Gasteiger charge is 2.46. The van der Waals surface area contributed by atoms with Crippen molar-refractivity contribution in [2.75, 3.05) is 38.8 Å². The number of nitrogens with zero attached hydrogens (tertiary/aromatic N) is 3. The fourth-order valence-corrected chi connectivity index (χ4v) is 2.99. The third-order valence-corrected chi connectivity index (χ3v) is 4.12. The van der Waals surface area contributed by atoms with Gasteiger partial charge in [0.25, 0.3) is 0 Å². The molecular weight excluding hydrogens is 362 g/mol. The lowest BCUT2D eigenvalue weighted by molar-refractivity contribution is -0.148. The lowest BCUT2D eigenvalue weighted by Crippen LogP contribution is -2.43. The van der Waals surface area contributed by atoms with E-state index in [1.165, 1.54) is 13.2 Å². The highest BCUT2D eigenvalue weighted by Crippen LogP contribution is 2.33. The molecule has 144 valence electrons. The minimum Gasteiger partial charge on any atom is -0.465 e. The SMILES string of the molecule is COCC1(CN(C)c2nnc(Cl)cc2C(=O)OC(C)(C)C)CCOC1=O. The summed E-state index contributed by atoms with van der Waals surface area (Å²) < 4.78 is 15.8. The Morgan fingerprint density at radius 2 is 2.12 bits per heavy atom. The Labute approximate surface area is 157 Å². The quantitative estimate of drug-likeness (QED) is 0.687. The van der Waals surface area contributed by atoms with Crippen LogP contribution in [0.1, 0.15) is 37.6 Å². The van der Waals surface area contributed by atoms with Gasteiger partial charge in [-0.15, -0.1) is 10.2 Å². The van der Waals surface area contributed by atoms with Crippen LogP contribution in [0.3, 0.4) is 0 Å². The Kier molecular flexibility index (Phi) is 6.08. The van der Waals surface area contributed by atoms with E-state index in [0.29, 0.717) is 13.0 Å². The summed E-state index contributed by atoms with van der Waals surface area (Å²) in [7, 11) is 3.25. The molecule has 1 unspecified atom stereocenters. The summed E-state index contributed by atoms with van der Waals surface area (Å²) in [5, 5.41) is 7.94. The second kappa shape index (κ2) is 7.75. The van der Waals surface area contributed by atoms with Crippen molar-refractivity contribution in [3.05, 3.63) is 16.8 Å². The zero-order valence-electron chi connectivity index (χ0n) is 15.7.